The van der Waals surface area contributed by atoms with Crippen LogP contribution in [0, 0.1) is 5.82 Å². The van der Waals surface area contributed by atoms with E-state index in [9.17, 15) is 24.5 Å². The van der Waals surface area contributed by atoms with Gasteiger partial charge in [0.1, 0.15) is 30.0 Å². The molecule has 0 saturated carbocycles. The van der Waals surface area contributed by atoms with E-state index in [1.165, 1.54) is 12.1 Å². The summed E-state index contributed by atoms with van der Waals surface area (Å²) in [5, 5.41) is 29.8. The van der Waals surface area contributed by atoms with Crippen LogP contribution in [0.4, 0.5) is 14.9 Å². The Balaban J connectivity index is 0.000000283. The van der Waals surface area contributed by atoms with E-state index in [4.69, 9.17) is 4.74 Å². The lowest BCUT2D eigenvalue weighted by molar-refractivity contribution is 0.173. The number of anilines is 1. The SMILES string of the molecule is CCC(O)c1ccc(F)cc1.O=C1OCC(c2ccc(-c3cccc(O)c3)cc2O)N1c1ccc(-c2ccccc2)cc1. The molecule has 218 valence electrons. The second-order valence-corrected chi connectivity index (χ2v) is 10.2. The van der Waals surface area contributed by atoms with Crippen LogP contribution in [-0.4, -0.2) is 28.0 Å². The van der Waals surface area contributed by atoms with Gasteiger partial charge in [-0.2, -0.15) is 0 Å². The van der Waals surface area contributed by atoms with Crippen LogP contribution in [-0.2, 0) is 4.74 Å². The summed E-state index contributed by atoms with van der Waals surface area (Å²) in [5.41, 5.74) is 5.79. The van der Waals surface area contributed by atoms with Crippen molar-refractivity contribution in [2.24, 2.45) is 0 Å². The number of amides is 1. The highest BCUT2D eigenvalue weighted by molar-refractivity contribution is 5.91. The van der Waals surface area contributed by atoms with E-state index in [1.807, 2.05) is 73.7 Å². The van der Waals surface area contributed by atoms with E-state index in [1.54, 1.807) is 47.4 Å². The molecule has 1 aliphatic rings. The lowest BCUT2D eigenvalue weighted by Crippen LogP contribution is -2.27. The number of carbonyl (C=O) groups excluding carboxylic acids is 1. The van der Waals surface area contributed by atoms with Crippen molar-refractivity contribution in [2.75, 3.05) is 11.5 Å². The van der Waals surface area contributed by atoms with Crippen LogP contribution in [0.15, 0.2) is 121 Å². The van der Waals surface area contributed by atoms with E-state index in [-0.39, 0.29) is 23.9 Å². The van der Waals surface area contributed by atoms with E-state index >= 15 is 0 Å². The third-order valence-corrected chi connectivity index (χ3v) is 7.34. The van der Waals surface area contributed by atoms with Gasteiger partial charge in [-0.3, -0.25) is 4.90 Å². The summed E-state index contributed by atoms with van der Waals surface area (Å²) in [6, 6.07) is 35.4. The van der Waals surface area contributed by atoms with Crippen molar-refractivity contribution < 1.29 is 29.2 Å². The monoisotopic (exact) mass is 577 g/mol. The fourth-order valence-corrected chi connectivity index (χ4v) is 4.99. The third kappa shape index (κ3) is 6.85. The molecule has 43 heavy (non-hydrogen) atoms. The number of cyclic esters (lactones) is 1. The van der Waals surface area contributed by atoms with Crippen molar-refractivity contribution in [3.63, 3.8) is 0 Å². The van der Waals surface area contributed by atoms with E-state index in [0.29, 0.717) is 17.7 Å². The Kier molecular flexibility index (Phi) is 9.03. The molecule has 0 aliphatic carbocycles. The molecule has 1 heterocycles. The summed E-state index contributed by atoms with van der Waals surface area (Å²) in [4.78, 5) is 14.1. The van der Waals surface area contributed by atoms with Crippen molar-refractivity contribution in [1.82, 2.24) is 0 Å². The van der Waals surface area contributed by atoms with Gasteiger partial charge >= 0.3 is 6.09 Å². The topological polar surface area (TPSA) is 90.2 Å². The molecular weight excluding hydrogens is 545 g/mol. The van der Waals surface area contributed by atoms with Gasteiger partial charge in [0.25, 0.3) is 0 Å². The van der Waals surface area contributed by atoms with Crippen LogP contribution in [0.25, 0.3) is 22.3 Å². The Morgan fingerprint density at radius 2 is 1.42 bits per heavy atom. The molecule has 5 aromatic carbocycles. The Morgan fingerprint density at radius 3 is 2.07 bits per heavy atom. The molecular formula is C36H32FNO5. The zero-order valence-electron chi connectivity index (χ0n) is 23.6. The van der Waals surface area contributed by atoms with Gasteiger partial charge in [0.15, 0.2) is 0 Å². The molecule has 0 bridgehead atoms. The van der Waals surface area contributed by atoms with Crippen LogP contribution in [0.5, 0.6) is 11.5 Å². The number of aliphatic hydroxyl groups is 1. The summed E-state index contributed by atoms with van der Waals surface area (Å²) < 4.78 is 17.7. The van der Waals surface area contributed by atoms with Crippen molar-refractivity contribution >= 4 is 11.8 Å². The van der Waals surface area contributed by atoms with Gasteiger partial charge in [-0.15, -0.1) is 0 Å². The number of benzene rings is 5. The Labute approximate surface area is 249 Å². The molecule has 2 atom stereocenters. The summed E-state index contributed by atoms with van der Waals surface area (Å²) in [7, 11) is 0. The molecule has 1 aliphatic heterocycles. The van der Waals surface area contributed by atoms with Crippen LogP contribution in [0.2, 0.25) is 0 Å². The molecule has 6 rings (SSSR count). The standard InChI is InChI=1S/C27H21NO4.C9H11FO/c29-23-8-4-7-20(15-23)21-11-14-24(26(30)16-21)25-17-32-27(31)28(25)22-12-9-19(10-13-22)18-5-2-1-3-6-18;1-2-9(11)7-3-5-8(10)6-4-7/h1-16,25,29-30H,17H2;3-6,9,11H,2H2,1H3. The molecule has 3 N–H and O–H groups in total. The minimum atomic E-state index is -0.462. The number of phenols is 2. The molecule has 0 spiro atoms. The highest BCUT2D eigenvalue weighted by Crippen LogP contribution is 2.39. The Morgan fingerprint density at radius 1 is 0.791 bits per heavy atom. The van der Waals surface area contributed by atoms with Crippen molar-refractivity contribution in [2.45, 2.75) is 25.5 Å². The van der Waals surface area contributed by atoms with E-state index < -0.39 is 18.2 Å². The second-order valence-electron chi connectivity index (χ2n) is 10.2. The number of ether oxygens (including phenoxy) is 1. The van der Waals surface area contributed by atoms with Crippen molar-refractivity contribution in [1.29, 1.82) is 0 Å². The average molecular weight is 578 g/mol. The van der Waals surface area contributed by atoms with Gasteiger partial charge in [0.05, 0.1) is 6.10 Å². The van der Waals surface area contributed by atoms with E-state index in [2.05, 4.69) is 0 Å². The van der Waals surface area contributed by atoms with Crippen LogP contribution >= 0.6 is 0 Å². The number of hydrogen-bond acceptors (Lipinski definition) is 5. The Bertz CT molecular complexity index is 1670. The van der Waals surface area contributed by atoms with Crippen molar-refractivity contribution in [3.8, 4) is 33.8 Å². The number of aliphatic hydroxyl groups excluding tert-OH is 1. The summed E-state index contributed by atoms with van der Waals surface area (Å²) >= 11 is 0. The molecule has 0 aromatic heterocycles. The second kappa shape index (κ2) is 13.2. The number of phenolic OH excluding ortho intramolecular Hbond substituents is 2. The molecule has 5 aromatic rings. The fraction of sp³-hybridized carbons (Fsp3) is 0.139. The van der Waals surface area contributed by atoms with E-state index in [0.717, 1.165) is 27.8 Å². The maximum atomic E-state index is 12.5. The average Bonchev–Trinajstić information content (AvgIpc) is 3.42. The zero-order chi connectivity index (χ0) is 30.3. The van der Waals surface area contributed by atoms with Crippen LogP contribution in [0.1, 0.15) is 36.6 Å². The number of halogens is 1. The lowest BCUT2D eigenvalue weighted by atomic mass is 9.98. The van der Waals surface area contributed by atoms with Gasteiger partial charge < -0.3 is 20.1 Å². The first-order chi connectivity index (χ1) is 20.8. The highest BCUT2D eigenvalue weighted by Gasteiger charge is 2.36. The third-order valence-electron chi connectivity index (χ3n) is 7.34. The maximum absolute atomic E-state index is 12.5. The molecule has 0 radical (unpaired) electrons. The number of hydrogen-bond donors (Lipinski definition) is 3. The van der Waals surface area contributed by atoms with Gasteiger partial charge in [-0.1, -0.05) is 85.8 Å². The largest absolute Gasteiger partial charge is 0.508 e. The number of nitrogens with zero attached hydrogens (tertiary/aromatic N) is 1. The molecule has 1 amide bonds. The molecule has 1 saturated heterocycles. The number of rotatable bonds is 6. The molecule has 7 heteroatoms. The Hall–Kier alpha value is -5.14. The fourth-order valence-electron chi connectivity index (χ4n) is 4.99. The summed E-state index contributed by atoms with van der Waals surface area (Å²) in [5.74, 6) is -0.0388. The molecule has 1 fully saturated rings. The lowest BCUT2D eigenvalue weighted by Gasteiger charge is -2.23. The summed E-state index contributed by atoms with van der Waals surface area (Å²) in [6.07, 6.45) is -0.249. The highest BCUT2D eigenvalue weighted by atomic mass is 19.1. The van der Waals surface area contributed by atoms with Gasteiger partial charge in [-0.25, -0.2) is 9.18 Å². The summed E-state index contributed by atoms with van der Waals surface area (Å²) in [6.45, 7) is 2.03. The molecule has 2 unspecified atom stereocenters. The maximum Gasteiger partial charge on any atom is 0.415 e. The first-order valence-electron chi connectivity index (χ1n) is 14.0. The van der Waals surface area contributed by atoms with Gasteiger partial charge in [0.2, 0.25) is 0 Å². The van der Waals surface area contributed by atoms with Crippen LogP contribution < -0.4 is 4.90 Å². The van der Waals surface area contributed by atoms with Gasteiger partial charge in [0, 0.05) is 11.3 Å². The minimum Gasteiger partial charge on any atom is -0.508 e. The smallest absolute Gasteiger partial charge is 0.415 e. The predicted molar refractivity (Wildman–Crippen MR) is 165 cm³/mol. The zero-order valence-corrected chi connectivity index (χ0v) is 23.6. The quantitative estimate of drug-likeness (QED) is 0.189. The number of aromatic hydroxyl groups is 2. The first kappa shape index (κ1) is 29.4. The van der Waals surface area contributed by atoms with Crippen molar-refractivity contribution in [3.05, 3.63) is 138 Å². The van der Waals surface area contributed by atoms with Crippen LogP contribution in [0.3, 0.4) is 0 Å². The first-order valence-corrected chi connectivity index (χ1v) is 14.0. The van der Waals surface area contributed by atoms with Gasteiger partial charge in [-0.05, 0) is 76.7 Å². The predicted octanol–water partition coefficient (Wildman–Crippen LogP) is 8.40. The number of carbonyl (C=O) groups is 1. The molecule has 6 nitrogen and oxygen atoms in total. The normalized spacial score (nSPS) is 14.9. The minimum absolute atomic E-state index is 0.0695.